The Morgan fingerprint density at radius 1 is 1.19 bits per heavy atom. The maximum atomic E-state index is 11.7. The molecule has 6 nitrogen and oxygen atoms in total. The summed E-state index contributed by atoms with van der Waals surface area (Å²) in [5.41, 5.74) is 3.46. The average Bonchev–Trinajstić information content (AvgIpc) is 2.80. The van der Waals surface area contributed by atoms with Crippen molar-refractivity contribution in [1.29, 1.82) is 0 Å². The fourth-order valence-electron chi connectivity index (χ4n) is 4.25. The standard InChI is InChI=1S/C26H38N4O2/c1-26(2,21-11-9-16-27-18-21)19-29-23(25(31)32)13-7-5-3-4-6-12-22-15-14-20-10-8-17-28-24(20)30-22/h9,11,14-16,18,23,29H,3-8,10,12-13,17,19H2,1-2H3,(H,28,30)(H,31,32). The third-order valence-corrected chi connectivity index (χ3v) is 6.41. The van der Waals surface area contributed by atoms with Crippen molar-refractivity contribution in [2.75, 3.05) is 18.4 Å². The molecule has 0 saturated heterocycles. The number of aliphatic carboxylic acids is 1. The highest BCUT2D eigenvalue weighted by molar-refractivity contribution is 5.73. The SMILES string of the molecule is CC(C)(CNC(CCCCCCCc1ccc2c(n1)NCCC2)C(=O)O)c1cccnc1. The number of fused-ring (bicyclic) bond motifs is 1. The summed E-state index contributed by atoms with van der Waals surface area (Å²) < 4.78 is 0. The minimum Gasteiger partial charge on any atom is -0.480 e. The van der Waals surface area contributed by atoms with Gasteiger partial charge in [-0.05, 0) is 55.4 Å². The molecule has 0 spiro atoms. The van der Waals surface area contributed by atoms with E-state index in [2.05, 4.69) is 41.6 Å². The second-order valence-corrected chi connectivity index (χ2v) is 9.54. The van der Waals surface area contributed by atoms with Gasteiger partial charge in [-0.2, -0.15) is 0 Å². The normalized spacial score (nSPS) is 14.4. The summed E-state index contributed by atoms with van der Waals surface area (Å²) in [4.78, 5) is 20.6. The number of hydrogen-bond acceptors (Lipinski definition) is 5. The number of hydrogen-bond donors (Lipinski definition) is 3. The Balaban J connectivity index is 1.31. The fourth-order valence-corrected chi connectivity index (χ4v) is 4.25. The van der Waals surface area contributed by atoms with Gasteiger partial charge in [0.2, 0.25) is 0 Å². The van der Waals surface area contributed by atoms with Crippen molar-refractivity contribution in [2.24, 2.45) is 0 Å². The van der Waals surface area contributed by atoms with E-state index in [-0.39, 0.29) is 5.41 Å². The summed E-state index contributed by atoms with van der Waals surface area (Å²) in [7, 11) is 0. The van der Waals surface area contributed by atoms with Crippen LogP contribution in [0.4, 0.5) is 5.82 Å². The Bertz CT molecular complexity index is 854. The van der Waals surface area contributed by atoms with E-state index < -0.39 is 12.0 Å². The smallest absolute Gasteiger partial charge is 0.320 e. The van der Waals surface area contributed by atoms with Gasteiger partial charge in [-0.3, -0.25) is 9.78 Å². The van der Waals surface area contributed by atoms with Crippen LogP contribution >= 0.6 is 0 Å². The Morgan fingerprint density at radius 2 is 2.00 bits per heavy atom. The molecule has 0 fully saturated rings. The topological polar surface area (TPSA) is 87.1 Å². The van der Waals surface area contributed by atoms with Gasteiger partial charge in [-0.1, -0.05) is 51.7 Å². The van der Waals surface area contributed by atoms with Crippen molar-refractivity contribution in [3.8, 4) is 0 Å². The van der Waals surface area contributed by atoms with Crippen LogP contribution in [0.5, 0.6) is 0 Å². The molecule has 6 heteroatoms. The van der Waals surface area contributed by atoms with E-state index in [1.165, 1.54) is 17.7 Å². The zero-order valence-electron chi connectivity index (χ0n) is 19.6. The molecular weight excluding hydrogens is 400 g/mol. The second-order valence-electron chi connectivity index (χ2n) is 9.54. The van der Waals surface area contributed by atoms with Crippen molar-refractivity contribution in [3.63, 3.8) is 0 Å². The number of unbranched alkanes of at least 4 members (excludes halogenated alkanes) is 4. The molecule has 2 aromatic heterocycles. The third-order valence-electron chi connectivity index (χ3n) is 6.41. The monoisotopic (exact) mass is 438 g/mol. The summed E-state index contributed by atoms with van der Waals surface area (Å²) in [5.74, 6) is 0.312. The number of carbonyl (C=O) groups is 1. The van der Waals surface area contributed by atoms with Gasteiger partial charge in [0.05, 0.1) is 0 Å². The summed E-state index contributed by atoms with van der Waals surface area (Å²) in [5, 5.41) is 16.3. The number of aryl methyl sites for hydroxylation is 2. The first-order valence-electron chi connectivity index (χ1n) is 12.0. The Hall–Kier alpha value is -2.47. The van der Waals surface area contributed by atoms with Crippen LogP contribution in [0.15, 0.2) is 36.7 Å². The van der Waals surface area contributed by atoms with Gasteiger partial charge < -0.3 is 15.7 Å². The number of nitrogens with zero attached hydrogens (tertiary/aromatic N) is 2. The molecular formula is C26H38N4O2. The van der Waals surface area contributed by atoms with Gasteiger partial charge in [-0.25, -0.2) is 4.98 Å². The van der Waals surface area contributed by atoms with Crippen molar-refractivity contribution in [3.05, 3.63) is 53.5 Å². The number of nitrogens with one attached hydrogen (secondary N) is 2. The van der Waals surface area contributed by atoms with E-state index in [0.717, 1.165) is 62.9 Å². The van der Waals surface area contributed by atoms with E-state index in [9.17, 15) is 9.90 Å². The molecule has 3 N–H and O–H groups in total. The lowest BCUT2D eigenvalue weighted by atomic mass is 9.85. The molecule has 1 atom stereocenters. The zero-order valence-corrected chi connectivity index (χ0v) is 19.6. The van der Waals surface area contributed by atoms with Crippen molar-refractivity contribution in [1.82, 2.24) is 15.3 Å². The van der Waals surface area contributed by atoms with Gasteiger partial charge in [0.1, 0.15) is 11.9 Å². The Labute approximate surface area is 192 Å². The lowest BCUT2D eigenvalue weighted by Gasteiger charge is -2.27. The molecule has 1 unspecified atom stereocenters. The van der Waals surface area contributed by atoms with Gasteiger partial charge in [0, 0.05) is 36.6 Å². The lowest BCUT2D eigenvalue weighted by molar-refractivity contribution is -0.139. The molecule has 0 radical (unpaired) electrons. The number of carboxylic acids is 1. The molecule has 0 amide bonds. The summed E-state index contributed by atoms with van der Waals surface area (Å²) >= 11 is 0. The van der Waals surface area contributed by atoms with E-state index in [1.807, 2.05) is 18.3 Å². The lowest BCUT2D eigenvalue weighted by Crippen LogP contribution is -2.43. The first-order valence-corrected chi connectivity index (χ1v) is 12.0. The van der Waals surface area contributed by atoms with Crippen molar-refractivity contribution < 1.29 is 9.90 Å². The van der Waals surface area contributed by atoms with Gasteiger partial charge in [0.25, 0.3) is 0 Å². The van der Waals surface area contributed by atoms with Crippen LogP contribution in [-0.2, 0) is 23.1 Å². The molecule has 0 saturated carbocycles. The van der Waals surface area contributed by atoms with E-state index in [0.29, 0.717) is 13.0 Å². The van der Waals surface area contributed by atoms with Gasteiger partial charge in [0.15, 0.2) is 0 Å². The molecule has 1 aliphatic rings. The van der Waals surface area contributed by atoms with Crippen LogP contribution < -0.4 is 10.6 Å². The number of carboxylic acid groups (broad SMARTS) is 1. The second kappa shape index (κ2) is 12.0. The predicted octanol–water partition coefficient (Wildman–Crippen LogP) is 4.74. The molecule has 32 heavy (non-hydrogen) atoms. The molecule has 3 heterocycles. The molecule has 2 aromatic rings. The molecule has 1 aliphatic heterocycles. The Morgan fingerprint density at radius 3 is 2.78 bits per heavy atom. The van der Waals surface area contributed by atoms with E-state index in [4.69, 9.17) is 4.98 Å². The van der Waals surface area contributed by atoms with E-state index in [1.54, 1.807) is 6.20 Å². The first kappa shape index (κ1) is 24.2. The summed E-state index contributed by atoms with van der Waals surface area (Å²) in [6, 6.07) is 7.85. The van der Waals surface area contributed by atoms with Gasteiger partial charge in [-0.15, -0.1) is 0 Å². The van der Waals surface area contributed by atoms with Crippen LogP contribution in [0.1, 0.15) is 75.6 Å². The van der Waals surface area contributed by atoms with E-state index >= 15 is 0 Å². The first-order chi connectivity index (χ1) is 15.5. The van der Waals surface area contributed by atoms with Gasteiger partial charge >= 0.3 is 5.97 Å². The van der Waals surface area contributed by atoms with Crippen LogP contribution in [0.2, 0.25) is 0 Å². The average molecular weight is 439 g/mol. The van der Waals surface area contributed by atoms with Crippen molar-refractivity contribution in [2.45, 2.75) is 83.1 Å². The Kier molecular flexibility index (Phi) is 9.03. The number of anilines is 1. The quantitative estimate of drug-likeness (QED) is 0.392. The maximum absolute atomic E-state index is 11.7. The summed E-state index contributed by atoms with van der Waals surface area (Å²) in [6.45, 7) is 5.86. The molecule has 0 aliphatic carbocycles. The maximum Gasteiger partial charge on any atom is 0.320 e. The van der Waals surface area contributed by atoms with Crippen molar-refractivity contribution >= 4 is 11.8 Å². The highest BCUT2D eigenvalue weighted by Gasteiger charge is 2.24. The predicted molar refractivity (Wildman–Crippen MR) is 129 cm³/mol. The molecule has 3 rings (SSSR count). The van der Waals surface area contributed by atoms with Crippen LogP contribution in [0.3, 0.4) is 0 Å². The number of pyridine rings is 2. The third kappa shape index (κ3) is 7.30. The minimum absolute atomic E-state index is 0.164. The van der Waals surface area contributed by atoms with Crippen LogP contribution in [0.25, 0.3) is 0 Å². The highest BCUT2D eigenvalue weighted by Crippen LogP contribution is 2.22. The number of rotatable bonds is 13. The zero-order chi connectivity index (χ0) is 22.8. The largest absolute Gasteiger partial charge is 0.480 e. The molecule has 0 bridgehead atoms. The highest BCUT2D eigenvalue weighted by atomic mass is 16.4. The number of aromatic nitrogens is 2. The fraction of sp³-hybridized carbons (Fsp3) is 0.577. The van der Waals surface area contributed by atoms with Crippen LogP contribution in [0, 0.1) is 0 Å². The minimum atomic E-state index is -0.765. The summed E-state index contributed by atoms with van der Waals surface area (Å²) in [6.07, 6.45) is 13.0. The van der Waals surface area contributed by atoms with Crippen LogP contribution in [-0.4, -0.2) is 40.2 Å². The molecule has 0 aromatic carbocycles. The molecule has 174 valence electrons.